The second kappa shape index (κ2) is 6.47. The van der Waals surface area contributed by atoms with Crippen molar-refractivity contribution in [1.82, 2.24) is 0 Å². The minimum atomic E-state index is -2.60. The monoisotopic (exact) mass is 248 g/mol. The first-order valence-electron chi connectivity index (χ1n) is 1.85. The van der Waals surface area contributed by atoms with Crippen molar-refractivity contribution in [3.8, 4) is 0 Å². The summed E-state index contributed by atoms with van der Waals surface area (Å²) in [5.74, 6) is 0. The van der Waals surface area contributed by atoms with Gasteiger partial charge in [0.1, 0.15) is 0 Å². The number of alkyl halides is 3. The fourth-order valence-electron chi connectivity index (χ4n) is 0. The summed E-state index contributed by atoms with van der Waals surface area (Å²) < 4.78 is 22.0. The van der Waals surface area contributed by atoms with Crippen LogP contribution in [0.2, 0.25) is 0 Å². The Morgan fingerprint density at radius 2 is 1.27 bits per heavy atom. The van der Waals surface area contributed by atoms with E-state index in [4.69, 9.17) is 59.0 Å². The predicted octanol–water partition coefficient (Wildman–Crippen LogP) is -2.27. The van der Waals surface area contributed by atoms with Crippen LogP contribution >= 0.6 is 34.8 Å². The lowest BCUT2D eigenvalue weighted by Gasteiger charge is -2.10. The first kappa shape index (κ1) is 14.5. The maximum Gasteiger partial charge on any atom is 0.282 e. The molecule has 0 rings (SSSR count). The quantitative estimate of drug-likeness (QED) is 0.332. The molecule has 0 radical (unpaired) electrons. The summed E-state index contributed by atoms with van der Waals surface area (Å²) in [5.41, 5.74) is 0. The van der Waals surface area contributed by atoms with Gasteiger partial charge in [-0.1, -0.05) is 34.8 Å². The highest BCUT2D eigenvalue weighted by molar-refractivity contribution is 6.67. The molecule has 0 fully saturated rings. The van der Waals surface area contributed by atoms with Crippen LogP contribution in [0.25, 0.3) is 0 Å². The highest BCUT2D eigenvalue weighted by Gasteiger charge is 2.28. The second-order valence-electron chi connectivity index (χ2n) is 1.12. The van der Waals surface area contributed by atoms with Crippen molar-refractivity contribution in [2.24, 2.45) is 0 Å². The zero-order valence-electron chi connectivity index (χ0n) is 4.75. The lowest BCUT2D eigenvalue weighted by atomic mass is 10.8. The molecule has 0 aliphatic heterocycles. The van der Waals surface area contributed by atoms with E-state index in [1.807, 2.05) is 0 Å². The third kappa shape index (κ3) is 18.2. The summed E-state index contributed by atoms with van der Waals surface area (Å²) >= 11 is 14.7. The van der Waals surface area contributed by atoms with Crippen LogP contribution in [0.4, 0.5) is 0 Å². The van der Waals surface area contributed by atoms with Gasteiger partial charge in [0.05, 0.1) is 0 Å². The summed E-state index contributed by atoms with van der Waals surface area (Å²) in [4.78, 5) is 0. The Bertz CT molecular complexity index is 86.2. The van der Waals surface area contributed by atoms with Crippen LogP contribution in [-0.2, 0) is 0 Å². The number of rotatable bonds is 0. The van der Waals surface area contributed by atoms with Crippen molar-refractivity contribution in [3.05, 3.63) is 0 Å². The maximum atomic E-state index is 8.52. The van der Waals surface area contributed by atoms with Crippen molar-refractivity contribution in [1.29, 1.82) is 0 Å². The highest BCUT2D eigenvalue weighted by atomic mass is 35.6. The number of hydrogen-bond donors (Lipinski definition) is 3. The maximum absolute atomic E-state index is 8.52. The summed E-state index contributed by atoms with van der Waals surface area (Å²) in [6.07, 6.45) is -1.91. The Morgan fingerprint density at radius 3 is 1.27 bits per heavy atom. The molecule has 0 aliphatic carbocycles. The van der Waals surface area contributed by atoms with Crippen LogP contribution in [0.3, 0.4) is 0 Å². The van der Waals surface area contributed by atoms with Crippen molar-refractivity contribution in [2.75, 3.05) is 0 Å². The minimum Gasteiger partial charge on any atom is -0.365 e. The zero-order valence-corrected chi connectivity index (χ0v) is 7.77. The van der Waals surface area contributed by atoms with Gasteiger partial charge in [-0.3, -0.25) is 0 Å². The van der Waals surface area contributed by atoms with Crippen molar-refractivity contribution < 1.29 is 35.0 Å². The summed E-state index contributed by atoms with van der Waals surface area (Å²) in [6, 6.07) is 0. The van der Waals surface area contributed by atoms with Gasteiger partial charge >= 0.3 is 0 Å². The predicted molar refractivity (Wildman–Crippen MR) is 30.7 cm³/mol. The topological polar surface area (TPSA) is 107 Å². The van der Waals surface area contributed by atoms with Gasteiger partial charge in [0, 0.05) is 4.66 Å². The molecule has 0 aromatic heterocycles. The molecule has 0 atom stereocenters. The normalized spacial score (nSPS) is 11.5. The van der Waals surface area contributed by atoms with Crippen LogP contribution in [0.1, 0.15) is 0 Å². The lowest BCUT2D eigenvalue weighted by Crippen LogP contribution is -2.30. The molecule has 3 N–H and O–H groups in total. The Balaban J connectivity index is 0. The molecule has 0 unspecified atom stereocenters. The fraction of sp³-hybridized carbons (Fsp3) is 1.00. The molecule has 0 aliphatic rings. The molecular formula is C2H4Cl4O5. The van der Waals surface area contributed by atoms with Crippen molar-refractivity contribution in [2.45, 2.75) is 10.1 Å². The zero-order chi connectivity index (χ0) is 9.65. The molecule has 0 heterocycles. The van der Waals surface area contributed by atoms with Crippen LogP contribution in [0.15, 0.2) is 0 Å². The van der Waals surface area contributed by atoms with E-state index in [1.54, 1.807) is 0 Å². The third-order valence-corrected chi connectivity index (χ3v) is 0.878. The van der Waals surface area contributed by atoms with Gasteiger partial charge in [-0.05, 0) is 0 Å². The average Bonchev–Trinajstić information content (AvgIpc) is 1.59. The molecule has 70 valence electrons. The van der Waals surface area contributed by atoms with Crippen molar-refractivity contribution >= 4 is 34.8 Å². The van der Waals surface area contributed by atoms with Crippen molar-refractivity contribution in [3.63, 3.8) is 0 Å². The highest BCUT2D eigenvalue weighted by Crippen LogP contribution is 2.28. The number of aliphatic hydroxyl groups is 2. The molecule has 0 aromatic rings. The summed E-state index contributed by atoms with van der Waals surface area (Å²) in [7, 11) is -2.60. The smallest absolute Gasteiger partial charge is 0.282 e. The first-order chi connectivity index (χ1) is 4.68. The standard InChI is InChI=1S/C2H3Cl3O2.ClHO3/c3-2(4,5)1(6)7;2-1(3)4/h1,6-7H;2H. The SMILES string of the molecule is OC(O)C(Cl)(Cl)Cl.[O-][Cl+2]([O-])O. The average molecular weight is 250 g/mol. The van der Waals surface area contributed by atoms with E-state index in [0.717, 1.165) is 0 Å². The van der Waals surface area contributed by atoms with E-state index >= 15 is 0 Å². The number of hydrogen-bond acceptors (Lipinski definition) is 5. The van der Waals surface area contributed by atoms with E-state index in [-0.39, 0.29) is 0 Å². The molecule has 9 heteroatoms. The van der Waals surface area contributed by atoms with Crippen LogP contribution in [0.5, 0.6) is 0 Å². The Kier molecular flexibility index (Phi) is 8.52. The Morgan fingerprint density at radius 1 is 1.18 bits per heavy atom. The van der Waals surface area contributed by atoms with Gasteiger partial charge in [-0.15, -0.1) is 0 Å². The number of halogens is 4. The fourth-order valence-corrected chi connectivity index (χ4v) is 0. The molecule has 5 nitrogen and oxygen atoms in total. The molecular weight excluding hydrogens is 246 g/mol. The van der Waals surface area contributed by atoms with E-state index in [9.17, 15) is 0 Å². The first-order valence-corrected chi connectivity index (χ1v) is 3.94. The van der Waals surface area contributed by atoms with Crippen LogP contribution < -0.4 is 9.32 Å². The van der Waals surface area contributed by atoms with E-state index in [1.165, 1.54) is 0 Å². The molecule has 11 heavy (non-hydrogen) atoms. The van der Waals surface area contributed by atoms with Gasteiger partial charge in [0.25, 0.3) is 10.8 Å². The largest absolute Gasteiger partial charge is 0.365 e. The molecule has 0 amide bonds. The van der Waals surface area contributed by atoms with Gasteiger partial charge in [-0.25, -0.2) is 0 Å². The molecule has 0 saturated carbocycles. The lowest BCUT2D eigenvalue weighted by molar-refractivity contribution is -1.63. The third-order valence-electron chi connectivity index (χ3n) is 0.293. The van der Waals surface area contributed by atoms with Crippen LogP contribution in [-0.4, -0.2) is 25.0 Å². The number of aliphatic hydroxyl groups excluding tert-OH is 1. The van der Waals surface area contributed by atoms with E-state index in [2.05, 4.69) is 0 Å². The van der Waals surface area contributed by atoms with Gasteiger partial charge < -0.3 is 19.5 Å². The van der Waals surface area contributed by atoms with Gasteiger partial charge in [0.15, 0.2) is 6.29 Å². The van der Waals surface area contributed by atoms with Gasteiger partial charge in [0.2, 0.25) is 3.79 Å². The summed E-state index contributed by atoms with van der Waals surface area (Å²) in [5, 5.41) is 16.1. The molecule has 0 saturated heterocycles. The molecule has 0 spiro atoms. The van der Waals surface area contributed by atoms with E-state index < -0.39 is 20.9 Å². The molecule has 0 aromatic carbocycles. The minimum absolute atomic E-state index is 1.91. The Hall–Kier alpha value is 0.960. The van der Waals surface area contributed by atoms with E-state index in [0.29, 0.717) is 0 Å². The van der Waals surface area contributed by atoms with Crippen LogP contribution in [0, 0.1) is 10.8 Å². The molecule has 0 bridgehead atoms. The Labute approximate surface area is 80.1 Å². The summed E-state index contributed by atoms with van der Waals surface area (Å²) in [6.45, 7) is 0. The second-order valence-corrected chi connectivity index (χ2v) is 3.89. The van der Waals surface area contributed by atoms with Gasteiger partial charge in [-0.2, -0.15) is 0 Å².